The van der Waals surface area contributed by atoms with Gasteiger partial charge in [-0.3, -0.25) is 4.79 Å². The molecule has 3 heteroatoms. The SMILES string of the molecule is CCC1CCC(=O)C(CN(C)c2ccc(F)cc2)C1. The molecule has 1 aromatic carbocycles. The highest BCUT2D eigenvalue weighted by molar-refractivity contribution is 5.82. The molecule has 0 saturated heterocycles. The summed E-state index contributed by atoms with van der Waals surface area (Å²) < 4.78 is 12.9. The van der Waals surface area contributed by atoms with E-state index in [9.17, 15) is 9.18 Å². The van der Waals surface area contributed by atoms with E-state index in [0.29, 0.717) is 11.7 Å². The van der Waals surface area contributed by atoms with Gasteiger partial charge in [-0.1, -0.05) is 13.3 Å². The predicted molar refractivity (Wildman–Crippen MR) is 75.8 cm³/mol. The van der Waals surface area contributed by atoms with Crippen LogP contribution in [0, 0.1) is 17.7 Å². The first kappa shape index (κ1) is 14.0. The molecule has 0 N–H and O–H groups in total. The highest BCUT2D eigenvalue weighted by Crippen LogP contribution is 2.29. The van der Waals surface area contributed by atoms with Gasteiger partial charge in [0.1, 0.15) is 11.6 Å². The zero-order valence-corrected chi connectivity index (χ0v) is 11.7. The molecular formula is C16H22FNO. The third kappa shape index (κ3) is 3.55. The van der Waals surface area contributed by atoms with Crippen molar-refractivity contribution in [3.05, 3.63) is 30.1 Å². The van der Waals surface area contributed by atoms with Gasteiger partial charge in [0.2, 0.25) is 0 Å². The van der Waals surface area contributed by atoms with E-state index >= 15 is 0 Å². The molecule has 0 heterocycles. The molecule has 2 unspecified atom stereocenters. The van der Waals surface area contributed by atoms with Crippen molar-refractivity contribution in [1.82, 2.24) is 0 Å². The molecule has 1 aliphatic rings. The highest BCUT2D eigenvalue weighted by atomic mass is 19.1. The van der Waals surface area contributed by atoms with Crippen molar-refractivity contribution in [3.8, 4) is 0 Å². The van der Waals surface area contributed by atoms with Crippen LogP contribution < -0.4 is 4.90 Å². The minimum atomic E-state index is -0.225. The summed E-state index contributed by atoms with van der Waals surface area (Å²) in [4.78, 5) is 14.0. The number of hydrogen-bond donors (Lipinski definition) is 0. The Morgan fingerprint density at radius 1 is 1.32 bits per heavy atom. The summed E-state index contributed by atoms with van der Waals surface area (Å²) in [5.74, 6) is 0.980. The molecule has 2 nitrogen and oxygen atoms in total. The minimum Gasteiger partial charge on any atom is -0.374 e. The lowest BCUT2D eigenvalue weighted by atomic mass is 9.79. The highest BCUT2D eigenvalue weighted by Gasteiger charge is 2.28. The van der Waals surface area contributed by atoms with Gasteiger partial charge in [-0.05, 0) is 43.0 Å². The number of rotatable bonds is 4. The summed E-state index contributed by atoms with van der Waals surface area (Å²) in [5, 5.41) is 0. The first-order valence-electron chi connectivity index (χ1n) is 7.09. The molecule has 0 amide bonds. The first-order chi connectivity index (χ1) is 9.10. The monoisotopic (exact) mass is 263 g/mol. The predicted octanol–water partition coefficient (Wildman–Crippen LogP) is 3.66. The Bertz CT molecular complexity index is 429. The Kier molecular flexibility index (Phi) is 4.56. The van der Waals surface area contributed by atoms with E-state index in [1.54, 1.807) is 12.1 Å². The Morgan fingerprint density at radius 2 is 2.00 bits per heavy atom. The van der Waals surface area contributed by atoms with Crippen LogP contribution in [0.5, 0.6) is 0 Å². The fraction of sp³-hybridized carbons (Fsp3) is 0.562. The van der Waals surface area contributed by atoms with Gasteiger partial charge in [-0.15, -0.1) is 0 Å². The zero-order valence-electron chi connectivity index (χ0n) is 11.7. The summed E-state index contributed by atoms with van der Waals surface area (Å²) in [6.07, 6.45) is 3.93. The average Bonchev–Trinajstić information content (AvgIpc) is 2.42. The van der Waals surface area contributed by atoms with Gasteiger partial charge in [0.25, 0.3) is 0 Å². The van der Waals surface area contributed by atoms with E-state index in [1.807, 2.05) is 7.05 Å². The Balaban J connectivity index is 1.99. The largest absolute Gasteiger partial charge is 0.374 e. The maximum absolute atomic E-state index is 12.9. The van der Waals surface area contributed by atoms with Crippen molar-refractivity contribution in [3.63, 3.8) is 0 Å². The summed E-state index contributed by atoms with van der Waals surface area (Å²) in [6.45, 7) is 2.93. The normalized spacial score (nSPS) is 23.4. The molecule has 0 radical (unpaired) electrons. The van der Waals surface area contributed by atoms with Crippen LogP contribution in [0.25, 0.3) is 0 Å². The Morgan fingerprint density at radius 3 is 2.63 bits per heavy atom. The molecule has 0 aliphatic heterocycles. The summed E-state index contributed by atoms with van der Waals surface area (Å²) in [5.41, 5.74) is 0.966. The lowest BCUT2D eigenvalue weighted by molar-refractivity contribution is -0.125. The molecular weight excluding hydrogens is 241 g/mol. The van der Waals surface area contributed by atoms with Gasteiger partial charge in [-0.2, -0.15) is 0 Å². The standard InChI is InChI=1S/C16H22FNO/c1-3-12-4-9-16(19)13(10-12)11-18(2)15-7-5-14(17)6-8-15/h5-8,12-13H,3-4,9-11H2,1-2H3. The molecule has 0 spiro atoms. The van der Waals surface area contributed by atoms with E-state index in [4.69, 9.17) is 0 Å². The molecule has 1 saturated carbocycles. The van der Waals surface area contributed by atoms with Gasteiger partial charge in [0.15, 0.2) is 0 Å². The van der Waals surface area contributed by atoms with E-state index < -0.39 is 0 Å². The Labute approximate surface area is 114 Å². The number of anilines is 1. The number of Topliss-reactive ketones (excluding diaryl/α,β-unsaturated/α-hetero) is 1. The summed E-state index contributed by atoms with van der Waals surface area (Å²) in [7, 11) is 1.97. The van der Waals surface area contributed by atoms with Crippen LogP contribution in [-0.4, -0.2) is 19.4 Å². The van der Waals surface area contributed by atoms with Crippen molar-refractivity contribution in [2.24, 2.45) is 11.8 Å². The quantitative estimate of drug-likeness (QED) is 0.826. The van der Waals surface area contributed by atoms with Crippen molar-refractivity contribution in [2.75, 3.05) is 18.5 Å². The lowest BCUT2D eigenvalue weighted by Gasteiger charge is -2.31. The minimum absolute atomic E-state index is 0.133. The molecule has 19 heavy (non-hydrogen) atoms. The number of carbonyl (C=O) groups excluding carboxylic acids is 1. The van der Waals surface area contributed by atoms with Gasteiger partial charge < -0.3 is 4.90 Å². The smallest absolute Gasteiger partial charge is 0.137 e. The molecule has 2 atom stereocenters. The zero-order chi connectivity index (χ0) is 13.8. The molecule has 2 rings (SSSR count). The molecule has 1 aromatic rings. The third-order valence-electron chi connectivity index (χ3n) is 4.21. The number of halogens is 1. The fourth-order valence-electron chi connectivity index (χ4n) is 2.88. The van der Waals surface area contributed by atoms with Gasteiger partial charge in [0.05, 0.1) is 0 Å². The van der Waals surface area contributed by atoms with Crippen molar-refractivity contribution in [2.45, 2.75) is 32.6 Å². The first-order valence-corrected chi connectivity index (χ1v) is 7.09. The van der Waals surface area contributed by atoms with E-state index in [0.717, 1.165) is 37.9 Å². The van der Waals surface area contributed by atoms with Gasteiger partial charge in [0, 0.05) is 31.6 Å². The average molecular weight is 263 g/mol. The maximum Gasteiger partial charge on any atom is 0.137 e. The van der Waals surface area contributed by atoms with Crippen molar-refractivity contribution in [1.29, 1.82) is 0 Å². The molecule has 1 aliphatic carbocycles. The fourth-order valence-corrected chi connectivity index (χ4v) is 2.88. The number of nitrogens with zero attached hydrogens (tertiary/aromatic N) is 1. The second-order valence-corrected chi connectivity index (χ2v) is 5.57. The molecule has 0 aromatic heterocycles. The van der Waals surface area contributed by atoms with Crippen LogP contribution in [0.3, 0.4) is 0 Å². The summed E-state index contributed by atoms with van der Waals surface area (Å²) >= 11 is 0. The van der Waals surface area contributed by atoms with Crippen LogP contribution in [0.1, 0.15) is 32.6 Å². The van der Waals surface area contributed by atoms with Crippen LogP contribution >= 0.6 is 0 Å². The molecule has 0 bridgehead atoms. The second-order valence-electron chi connectivity index (χ2n) is 5.57. The van der Waals surface area contributed by atoms with Crippen LogP contribution in [0.4, 0.5) is 10.1 Å². The van der Waals surface area contributed by atoms with Crippen LogP contribution in [0.15, 0.2) is 24.3 Å². The van der Waals surface area contributed by atoms with E-state index in [-0.39, 0.29) is 11.7 Å². The number of ketones is 1. The third-order valence-corrected chi connectivity index (χ3v) is 4.21. The number of hydrogen-bond acceptors (Lipinski definition) is 2. The van der Waals surface area contributed by atoms with Crippen molar-refractivity contribution < 1.29 is 9.18 Å². The second kappa shape index (κ2) is 6.18. The van der Waals surface area contributed by atoms with Crippen LogP contribution in [0.2, 0.25) is 0 Å². The Hall–Kier alpha value is -1.38. The van der Waals surface area contributed by atoms with E-state index in [2.05, 4.69) is 11.8 Å². The van der Waals surface area contributed by atoms with Gasteiger partial charge in [-0.25, -0.2) is 4.39 Å². The van der Waals surface area contributed by atoms with E-state index in [1.165, 1.54) is 12.1 Å². The summed E-state index contributed by atoms with van der Waals surface area (Å²) in [6, 6.07) is 6.45. The van der Waals surface area contributed by atoms with Crippen molar-refractivity contribution >= 4 is 11.5 Å². The van der Waals surface area contributed by atoms with Gasteiger partial charge >= 0.3 is 0 Å². The maximum atomic E-state index is 12.9. The molecule has 104 valence electrons. The lowest BCUT2D eigenvalue weighted by Crippen LogP contribution is -2.34. The molecule has 1 fully saturated rings. The number of benzene rings is 1. The number of carbonyl (C=O) groups is 1. The van der Waals surface area contributed by atoms with Crippen LogP contribution in [-0.2, 0) is 4.79 Å². The topological polar surface area (TPSA) is 20.3 Å².